The van der Waals surface area contributed by atoms with Crippen LogP contribution in [0.15, 0.2) is 54.7 Å². The molecule has 0 saturated carbocycles. The highest BCUT2D eigenvalue weighted by molar-refractivity contribution is 6.30. The van der Waals surface area contributed by atoms with Crippen LogP contribution in [0.4, 0.5) is 5.69 Å². The maximum absolute atomic E-state index is 13.2. The van der Waals surface area contributed by atoms with E-state index in [0.717, 1.165) is 30.9 Å². The molecule has 1 saturated heterocycles. The van der Waals surface area contributed by atoms with E-state index in [1.807, 2.05) is 40.8 Å². The molecule has 0 unspecified atom stereocenters. The lowest BCUT2D eigenvalue weighted by Crippen LogP contribution is -2.49. The van der Waals surface area contributed by atoms with Crippen LogP contribution < -0.4 is 4.90 Å². The van der Waals surface area contributed by atoms with Crippen LogP contribution in [-0.2, 0) is 6.42 Å². The van der Waals surface area contributed by atoms with Gasteiger partial charge < -0.3 is 9.80 Å². The van der Waals surface area contributed by atoms with Gasteiger partial charge in [0.2, 0.25) is 0 Å². The summed E-state index contributed by atoms with van der Waals surface area (Å²) in [5, 5.41) is 5.14. The molecule has 2 aromatic carbocycles. The van der Waals surface area contributed by atoms with E-state index in [4.69, 9.17) is 11.6 Å². The fraction of sp³-hybridized carbons (Fsp3) is 0.304. The topological polar surface area (TPSA) is 41.4 Å². The van der Waals surface area contributed by atoms with Crippen LogP contribution in [0.5, 0.6) is 0 Å². The lowest BCUT2D eigenvalue weighted by Gasteiger charge is -2.36. The van der Waals surface area contributed by atoms with E-state index in [-0.39, 0.29) is 5.91 Å². The normalized spacial score (nSPS) is 14.3. The Balaban J connectivity index is 1.51. The third kappa shape index (κ3) is 4.01. The van der Waals surface area contributed by atoms with Gasteiger partial charge in [0.15, 0.2) is 0 Å². The Hall–Kier alpha value is -2.79. The van der Waals surface area contributed by atoms with Gasteiger partial charge in [0.1, 0.15) is 0 Å². The SMILES string of the molecule is CCc1c(C(=O)N2CCN(c3cccc(C)c3)CC2)cnn1-c1cccc(Cl)c1. The summed E-state index contributed by atoms with van der Waals surface area (Å²) in [6.07, 6.45) is 2.41. The number of carbonyl (C=O) groups is 1. The van der Waals surface area contributed by atoms with Crippen LogP contribution in [0.25, 0.3) is 5.69 Å². The molecule has 0 N–H and O–H groups in total. The van der Waals surface area contributed by atoms with Crippen molar-refractivity contribution in [2.75, 3.05) is 31.1 Å². The predicted octanol–water partition coefficient (Wildman–Crippen LogP) is 4.36. The maximum atomic E-state index is 13.2. The number of anilines is 1. The Morgan fingerprint density at radius 1 is 1.03 bits per heavy atom. The number of aryl methyl sites for hydroxylation is 1. The molecule has 6 heteroatoms. The first-order chi connectivity index (χ1) is 14.1. The summed E-state index contributed by atoms with van der Waals surface area (Å²) in [5.74, 6) is 0.0546. The summed E-state index contributed by atoms with van der Waals surface area (Å²) < 4.78 is 1.82. The number of hydrogen-bond donors (Lipinski definition) is 0. The standard InChI is InChI=1S/C23H25ClN4O/c1-3-22-21(16-25-28(22)20-9-5-7-18(24)15-20)23(29)27-12-10-26(11-13-27)19-8-4-6-17(2)14-19/h4-9,14-16H,3,10-13H2,1-2H3. The number of carbonyl (C=O) groups excluding carboxylic acids is 1. The Morgan fingerprint density at radius 3 is 2.45 bits per heavy atom. The van der Waals surface area contributed by atoms with Gasteiger partial charge in [-0.05, 0) is 49.2 Å². The minimum Gasteiger partial charge on any atom is -0.368 e. The molecule has 0 atom stereocenters. The van der Waals surface area contributed by atoms with Gasteiger partial charge in [-0.1, -0.05) is 36.7 Å². The van der Waals surface area contributed by atoms with Crippen molar-refractivity contribution in [2.45, 2.75) is 20.3 Å². The Labute approximate surface area is 176 Å². The van der Waals surface area contributed by atoms with Crippen molar-refractivity contribution in [3.05, 3.63) is 76.6 Å². The third-order valence-electron chi connectivity index (χ3n) is 5.42. The van der Waals surface area contributed by atoms with Crippen molar-refractivity contribution >= 4 is 23.2 Å². The van der Waals surface area contributed by atoms with E-state index in [1.54, 1.807) is 6.20 Å². The van der Waals surface area contributed by atoms with Crippen molar-refractivity contribution < 1.29 is 4.79 Å². The van der Waals surface area contributed by atoms with E-state index in [2.05, 4.69) is 41.2 Å². The zero-order valence-electron chi connectivity index (χ0n) is 16.8. The summed E-state index contributed by atoms with van der Waals surface area (Å²) >= 11 is 6.13. The molecule has 150 valence electrons. The molecule has 5 nitrogen and oxygen atoms in total. The average Bonchev–Trinajstić information content (AvgIpc) is 3.17. The number of piperazine rings is 1. The molecule has 0 bridgehead atoms. The van der Waals surface area contributed by atoms with E-state index >= 15 is 0 Å². The number of benzene rings is 2. The highest BCUT2D eigenvalue weighted by atomic mass is 35.5. The molecule has 29 heavy (non-hydrogen) atoms. The summed E-state index contributed by atoms with van der Waals surface area (Å²) in [7, 11) is 0. The van der Waals surface area contributed by atoms with Crippen LogP contribution >= 0.6 is 11.6 Å². The Bertz CT molecular complexity index is 1020. The first-order valence-corrected chi connectivity index (χ1v) is 10.4. The van der Waals surface area contributed by atoms with Crippen molar-refractivity contribution in [2.24, 2.45) is 0 Å². The van der Waals surface area contributed by atoms with Gasteiger partial charge in [-0.15, -0.1) is 0 Å². The molecule has 0 radical (unpaired) electrons. The highest BCUT2D eigenvalue weighted by Crippen LogP contribution is 2.22. The fourth-order valence-electron chi connectivity index (χ4n) is 3.89. The second-order valence-corrected chi connectivity index (χ2v) is 7.80. The maximum Gasteiger partial charge on any atom is 0.257 e. The number of halogens is 1. The lowest BCUT2D eigenvalue weighted by molar-refractivity contribution is 0.0745. The van der Waals surface area contributed by atoms with Crippen molar-refractivity contribution in [1.29, 1.82) is 0 Å². The number of aromatic nitrogens is 2. The number of hydrogen-bond acceptors (Lipinski definition) is 3. The van der Waals surface area contributed by atoms with Crippen molar-refractivity contribution in [1.82, 2.24) is 14.7 Å². The molecule has 3 aromatic rings. The van der Waals surface area contributed by atoms with Crippen molar-refractivity contribution in [3.63, 3.8) is 0 Å². The van der Waals surface area contributed by atoms with Gasteiger partial charge in [-0.2, -0.15) is 5.10 Å². The second kappa shape index (κ2) is 8.29. The van der Waals surface area contributed by atoms with Gasteiger partial charge >= 0.3 is 0 Å². The number of amides is 1. The summed E-state index contributed by atoms with van der Waals surface area (Å²) in [6, 6.07) is 16.1. The quantitative estimate of drug-likeness (QED) is 0.644. The van der Waals surface area contributed by atoms with Gasteiger partial charge in [-0.3, -0.25) is 4.79 Å². The van der Waals surface area contributed by atoms with Crippen LogP contribution in [0.3, 0.4) is 0 Å². The first-order valence-electron chi connectivity index (χ1n) is 10.0. The highest BCUT2D eigenvalue weighted by Gasteiger charge is 2.26. The molecule has 1 amide bonds. The summed E-state index contributed by atoms with van der Waals surface area (Å²) in [6.45, 7) is 7.23. The minimum absolute atomic E-state index is 0.0546. The first kappa shape index (κ1) is 19.5. The van der Waals surface area contributed by atoms with Crippen LogP contribution in [0, 0.1) is 6.92 Å². The largest absolute Gasteiger partial charge is 0.368 e. The van der Waals surface area contributed by atoms with E-state index < -0.39 is 0 Å². The van der Waals surface area contributed by atoms with Gasteiger partial charge in [0, 0.05) is 36.9 Å². The number of rotatable bonds is 4. The van der Waals surface area contributed by atoms with Gasteiger partial charge in [-0.25, -0.2) is 4.68 Å². The molecule has 0 aliphatic carbocycles. The minimum atomic E-state index is 0.0546. The second-order valence-electron chi connectivity index (χ2n) is 7.37. The molecule has 1 aliphatic rings. The fourth-order valence-corrected chi connectivity index (χ4v) is 4.07. The van der Waals surface area contributed by atoms with Gasteiger partial charge in [0.05, 0.1) is 23.1 Å². The van der Waals surface area contributed by atoms with Crippen LogP contribution in [-0.4, -0.2) is 46.8 Å². The molecule has 1 aliphatic heterocycles. The van der Waals surface area contributed by atoms with E-state index in [9.17, 15) is 4.79 Å². The molecule has 1 fully saturated rings. The summed E-state index contributed by atoms with van der Waals surface area (Å²) in [4.78, 5) is 17.5. The molecule has 0 spiro atoms. The molecule has 2 heterocycles. The Kier molecular flexibility index (Phi) is 5.58. The molecule has 4 rings (SSSR count). The zero-order chi connectivity index (χ0) is 20.4. The smallest absolute Gasteiger partial charge is 0.257 e. The van der Waals surface area contributed by atoms with E-state index in [1.165, 1.54) is 11.3 Å². The zero-order valence-corrected chi connectivity index (χ0v) is 17.6. The Morgan fingerprint density at radius 2 is 1.76 bits per heavy atom. The van der Waals surface area contributed by atoms with Crippen LogP contribution in [0.1, 0.15) is 28.5 Å². The van der Waals surface area contributed by atoms with Gasteiger partial charge in [0.25, 0.3) is 5.91 Å². The number of nitrogens with zero attached hydrogens (tertiary/aromatic N) is 4. The van der Waals surface area contributed by atoms with E-state index in [0.29, 0.717) is 23.7 Å². The monoisotopic (exact) mass is 408 g/mol. The van der Waals surface area contributed by atoms with Crippen LogP contribution in [0.2, 0.25) is 5.02 Å². The molecular weight excluding hydrogens is 384 g/mol. The van der Waals surface area contributed by atoms with Crippen molar-refractivity contribution in [3.8, 4) is 5.69 Å². The molecule has 1 aromatic heterocycles. The average molecular weight is 409 g/mol. The summed E-state index contributed by atoms with van der Waals surface area (Å²) in [5.41, 5.74) is 4.94. The predicted molar refractivity (Wildman–Crippen MR) is 117 cm³/mol. The third-order valence-corrected chi connectivity index (χ3v) is 5.66. The molecular formula is C23H25ClN4O. The lowest BCUT2D eigenvalue weighted by atomic mass is 10.1.